The molecule has 1 aliphatic heterocycles. The lowest BCUT2D eigenvalue weighted by Crippen LogP contribution is -2.44. The molecule has 1 aromatic carbocycles. The van der Waals surface area contributed by atoms with E-state index in [0.29, 0.717) is 23.9 Å². The van der Waals surface area contributed by atoms with Crippen molar-refractivity contribution in [1.82, 2.24) is 15.4 Å². The van der Waals surface area contributed by atoms with Crippen molar-refractivity contribution in [2.75, 3.05) is 31.1 Å². The van der Waals surface area contributed by atoms with Gasteiger partial charge in [0.25, 0.3) is 0 Å². The van der Waals surface area contributed by atoms with Crippen LogP contribution in [-0.2, 0) is 19.9 Å². The first-order chi connectivity index (χ1) is 12.2. The standard InChI is InChI=1S/C15H23ClN4O4S2.HI/c1-2-17-15(20-13-6-9-25(21,22)11-13)18-7-8-19-26(23,24)14-5-3-4-12(16)10-14;/h3-5,10,13,19H,2,6-9,11H2,1H3,(H2,17,18,20);1H. The van der Waals surface area contributed by atoms with E-state index in [1.54, 1.807) is 12.1 Å². The van der Waals surface area contributed by atoms with E-state index in [4.69, 9.17) is 11.6 Å². The zero-order valence-electron chi connectivity index (χ0n) is 14.8. The van der Waals surface area contributed by atoms with Gasteiger partial charge >= 0.3 is 0 Å². The second-order valence-electron chi connectivity index (χ2n) is 5.86. The molecule has 0 spiro atoms. The Kier molecular flexibility index (Phi) is 9.75. The molecule has 1 aromatic rings. The molecule has 0 aliphatic carbocycles. The molecule has 1 saturated heterocycles. The quantitative estimate of drug-likeness (QED) is 0.202. The highest BCUT2D eigenvalue weighted by Gasteiger charge is 2.28. The van der Waals surface area contributed by atoms with E-state index < -0.39 is 19.9 Å². The van der Waals surface area contributed by atoms with Gasteiger partial charge in [0.2, 0.25) is 10.0 Å². The van der Waals surface area contributed by atoms with Crippen LogP contribution in [0, 0.1) is 0 Å². The lowest BCUT2D eigenvalue weighted by atomic mass is 10.3. The molecule has 8 nitrogen and oxygen atoms in total. The molecule has 0 radical (unpaired) electrons. The highest BCUT2D eigenvalue weighted by Crippen LogP contribution is 2.15. The summed E-state index contributed by atoms with van der Waals surface area (Å²) < 4.78 is 49.9. The van der Waals surface area contributed by atoms with Crippen molar-refractivity contribution in [3.8, 4) is 0 Å². The zero-order chi connectivity index (χ0) is 19.2. The molecule has 1 aliphatic rings. The van der Waals surface area contributed by atoms with Crippen molar-refractivity contribution >= 4 is 61.4 Å². The number of rotatable bonds is 7. The fraction of sp³-hybridized carbons (Fsp3) is 0.533. The summed E-state index contributed by atoms with van der Waals surface area (Å²) in [5.74, 6) is 0.721. The molecule has 0 bridgehead atoms. The Morgan fingerprint density at radius 1 is 1.37 bits per heavy atom. The van der Waals surface area contributed by atoms with Gasteiger partial charge < -0.3 is 10.6 Å². The van der Waals surface area contributed by atoms with Gasteiger partial charge in [-0.05, 0) is 31.5 Å². The summed E-state index contributed by atoms with van der Waals surface area (Å²) in [6, 6.07) is 5.82. The molecular formula is C15H24ClIN4O4S2. The minimum atomic E-state index is -3.65. The molecule has 154 valence electrons. The maximum Gasteiger partial charge on any atom is 0.240 e. The smallest absolute Gasteiger partial charge is 0.240 e. The average molecular weight is 551 g/mol. The summed E-state index contributed by atoms with van der Waals surface area (Å²) in [6.45, 7) is 2.81. The maximum atomic E-state index is 12.2. The third-order valence-electron chi connectivity index (χ3n) is 3.70. The van der Waals surface area contributed by atoms with Crippen molar-refractivity contribution in [2.45, 2.75) is 24.3 Å². The molecule has 1 fully saturated rings. The van der Waals surface area contributed by atoms with Gasteiger partial charge in [-0.1, -0.05) is 17.7 Å². The van der Waals surface area contributed by atoms with E-state index in [9.17, 15) is 16.8 Å². The van der Waals surface area contributed by atoms with Crippen LogP contribution in [0.3, 0.4) is 0 Å². The third kappa shape index (κ3) is 8.10. The van der Waals surface area contributed by atoms with Crippen LogP contribution in [0.5, 0.6) is 0 Å². The average Bonchev–Trinajstić information content (AvgIpc) is 2.90. The first-order valence-electron chi connectivity index (χ1n) is 8.22. The van der Waals surface area contributed by atoms with E-state index in [1.807, 2.05) is 6.92 Å². The summed E-state index contributed by atoms with van der Waals surface area (Å²) in [5, 5.41) is 6.44. The second-order valence-corrected chi connectivity index (χ2v) is 10.3. The maximum absolute atomic E-state index is 12.2. The van der Waals surface area contributed by atoms with Crippen LogP contribution >= 0.6 is 35.6 Å². The molecule has 0 amide bonds. The SMILES string of the molecule is CCNC(=NCCNS(=O)(=O)c1cccc(Cl)c1)NC1CCS(=O)(=O)C1.I. The van der Waals surface area contributed by atoms with E-state index in [-0.39, 0.29) is 59.5 Å². The molecule has 1 unspecified atom stereocenters. The van der Waals surface area contributed by atoms with Gasteiger partial charge in [0, 0.05) is 24.2 Å². The van der Waals surface area contributed by atoms with Crippen LogP contribution < -0.4 is 15.4 Å². The number of hydrogen-bond acceptors (Lipinski definition) is 5. The summed E-state index contributed by atoms with van der Waals surface area (Å²) in [6.07, 6.45) is 0.536. The molecule has 1 heterocycles. The highest BCUT2D eigenvalue weighted by atomic mass is 127. The minimum Gasteiger partial charge on any atom is -0.357 e. The van der Waals surface area contributed by atoms with Gasteiger partial charge in [-0.25, -0.2) is 21.6 Å². The predicted molar refractivity (Wildman–Crippen MR) is 118 cm³/mol. The van der Waals surface area contributed by atoms with E-state index in [1.165, 1.54) is 12.1 Å². The van der Waals surface area contributed by atoms with Crippen molar-refractivity contribution in [2.24, 2.45) is 4.99 Å². The minimum absolute atomic E-state index is 0. The number of nitrogens with one attached hydrogen (secondary N) is 3. The third-order valence-corrected chi connectivity index (χ3v) is 7.16. The van der Waals surface area contributed by atoms with Gasteiger partial charge in [0.05, 0.1) is 22.9 Å². The van der Waals surface area contributed by atoms with Crippen LogP contribution in [0.1, 0.15) is 13.3 Å². The van der Waals surface area contributed by atoms with Gasteiger partial charge in [-0.3, -0.25) is 4.99 Å². The van der Waals surface area contributed by atoms with Crippen molar-refractivity contribution in [3.05, 3.63) is 29.3 Å². The van der Waals surface area contributed by atoms with Crippen molar-refractivity contribution in [3.63, 3.8) is 0 Å². The first kappa shape index (κ1) is 24.4. The number of aliphatic imine (C=N–C) groups is 1. The lowest BCUT2D eigenvalue weighted by molar-refractivity contribution is 0.581. The summed E-state index contributed by atoms with van der Waals surface area (Å²) in [7, 11) is -6.64. The summed E-state index contributed by atoms with van der Waals surface area (Å²) in [4.78, 5) is 4.38. The first-order valence-corrected chi connectivity index (χ1v) is 11.9. The molecule has 27 heavy (non-hydrogen) atoms. The number of benzene rings is 1. The van der Waals surface area contributed by atoms with Gasteiger partial charge in [-0.2, -0.15) is 0 Å². The Balaban J connectivity index is 0.00000364. The topological polar surface area (TPSA) is 117 Å². The predicted octanol–water partition coefficient (Wildman–Crippen LogP) is 0.978. The van der Waals surface area contributed by atoms with Gasteiger partial charge in [-0.15, -0.1) is 24.0 Å². The molecule has 2 rings (SSSR count). The lowest BCUT2D eigenvalue weighted by Gasteiger charge is -2.15. The number of sulfonamides is 1. The second kappa shape index (κ2) is 10.8. The molecule has 0 saturated carbocycles. The van der Waals surface area contributed by atoms with Gasteiger partial charge in [0.15, 0.2) is 15.8 Å². The monoisotopic (exact) mass is 550 g/mol. The number of sulfone groups is 1. The number of halogens is 2. The molecule has 3 N–H and O–H groups in total. The van der Waals surface area contributed by atoms with Crippen LogP contribution in [0.4, 0.5) is 0 Å². The molecular weight excluding hydrogens is 527 g/mol. The largest absolute Gasteiger partial charge is 0.357 e. The number of guanidine groups is 1. The van der Waals surface area contributed by atoms with Crippen molar-refractivity contribution in [1.29, 1.82) is 0 Å². The van der Waals surface area contributed by atoms with E-state index in [0.717, 1.165) is 0 Å². The fourth-order valence-corrected chi connectivity index (χ4v) is 5.48. The Bertz CT molecular complexity index is 862. The Labute approximate surface area is 182 Å². The van der Waals surface area contributed by atoms with E-state index in [2.05, 4.69) is 20.3 Å². The zero-order valence-corrected chi connectivity index (χ0v) is 19.5. The summed E-state index contributed by atoms with van der Waals surface area (Å²) in [5.41, 5.74) is 0. The van der Waals surface area contributed by atoms with Gasteiger partial charge in [0.1, 0.15) is 0 Å². The Hall–Kier alpha value is -0.630. The van der Waals surface area contributed by atoms with Crippen LogP contribution in [0.15, 0.2) is 34.2 Å². The Morgan fingerprint density at radius 3 is 2.70 bits per heavy atom. The van der Waals surface area contributed by atoms with Crippen LogP contribution in [-0.4, -0.2) is 60.0 Å². The molecule has 0 aromatic heterocycles. The van der Waals surface area contributed by atoms with Crippen LogP contribution in [0.2, 0.25) is 5.02 Å². The van der Waals surface area contributed by atoms with Crippen LogP contribution in [0.25, 0.3) is 0 Å². The van der Waals surface area contributed by atoms with Crippen molar-refractivity contribution < 1.29 is 16.8 Å². The molecule has 1 atom stereocenters. The Morgan fingerprint density at radius 2 is 2.11 bits per heavy atom. The summed E-state index contributed by atoms with van der Waals surface area (Å²) >= 11 is 5.82. The highest BCUT2D eigenvalue weighted by molar-refractivity contribution is 14.0. The van der Waals surface area contributed by atoms with E-state index >= 15 is 0 Å². The number of nitrogens with zero attached hydrogens (tertiary/aromatic N) is 1. The number of hydrogen-bond donors (Lipinski definition) is 3. The molecule has 12 heteroatoms. The normalized spacial score (nSPS) is 19.3. The fourth-order valence-electron chi connectivity index (χ4n) is 2.49.